The number of nitrogens with zero attached hydrogens (tertiary/aromatic N) is 5. The molecule has 2 heterocycles. The summed E-state index contributed by atoms with van der Waals surface area (Å²) in [6.45, 7) is 5.90. The van der Waals surface area contributed by atoms with E-state index in [2.05, 4.69) is 22.0 Å². The number of aromatic nitrogens is 2. The molecule has 1 aromatic heterocycles. The van der Waals surface area contributed by atoms with Crippen molar-refractivity contribution in [2.45, 2.75) is 19.6 Å². The number of hydrogen-bond acceptors (Lipinski definition) is 5. The first-order valence-corrected chi connectivity index (χ1v) is 10.8. The minimum absolute atomic E-state index is 0.191. The Hall–Kier alpha value is -3.47. The van der Waals surface area contributed by atoms with Gasteiger partial charge < -0.3 is 14.2 Å². The van der Waals surface area contributed by atoms with Gasteiger partial charge in [-0.1, -0.05) is 19.1 Å². The van der Waals surface area contributed by atoms with Crippen LogP contribution in [-0.2, 0) is 12.7 Å². The van der Waals surface area contributed by atoms with Crippen LogP contribution in [0.3, 0.4) is 0 Å². The molecule has 0 N–H and O–H groups in total. The monoisotopic (exact) mass is 477 g/mol. The van der Waals surface area contributed by atoms with Crippen LogP contribution in [0, 0.1) is 5.82 Å². The van der Waals surface area contributed by atoms with Crippen LogP contribution in [0.4, 0.5) is 28.0 Å². The Kier molecular flexibility index (Phi) is 6.82. The zero-order valence-corrected chi connectivity index (χ0v) is 18.4. The number of halogens is 4. The molecule has 0 unspecified atom stereocenters. The fourth-order valence-corrected chi connectivity index (χ4v) is 3.71. The first-order chi connectivity index (χ1) is 16.2. The molecule has 0 atom stereocenters. The molecule has 1 fully saturated rings. The van der Waals surface area contributed by atoms with Crippen molar-refractivity contribution in [1.29, 1.82) is 0 Å². The summed E-state index contributed by atoms with van der Waals surface area (Å²) in [5.41, 5.74) is 1.59. The van der Waals surface area contributed by atoms with E-state index >= 15 is 0 Å². The molecule has 0 aliphatic carbocycles. The van der Waals surface area contributed by atoms with Crippen molar-refractivity contribution in [3.63, 3.8) is 0 Å². The summed E-state index contributed by atoms with van der Waals surface area (Å²) in [6.07, 6.45) is -4.72. The van der Waals surface area contributed by atoms with E-state index in [-0.39, 0.29) is 18.5 Å². The third-order valence-electron chi connectivity index (χ3n) is 5.67. The van der Waals surface area contributed by atoms with Crippen LogP contribution in [0.25, 0.3) is 11.5 Å². The predicted molar refractivity (Wildman–Crippen MR) is 116 cm³/mol. The molecular weight excluding hydrogens is 454 g/mol. The van der Waals surface area contributed by atoms with Crippen molar-refractivity contribution in [1.82, 2.24) is 20.0 Å². The second-order valence-corrected chi connectivity index (χ2v) is 7.87. The van der Waals surface area contributed by atoms with Crippen LogP contribution in [-0.4, -0.2) is 58.8 Å². The smallest absolute Gasteiger partial charge is 0.413 e. The van der Waals surface area contributed by atoms with Crippen LogP contribution in [0.15, 0.2) is 52.9 Å². The number of carbonyl (C=O) groups excluding carboxylic acids is 1. The largest absolute Gasteiger partial charge is 0.470 e. The number of rotatable bonds is 5. The first-order valence-electron chi connectivity index (χ1n) is 10.8. The standard InChI is InChI=1S/C23H23F4N5O2/c1-2-30-11-13-31(14-12-30)22(33)32(19-9-7-18(24)8-10-19)15-16-3-5-17(6-4-16)20-28-29-21(34-20)23(25,26)27/h3-10H,2,11-15H2,1H3. The Morgan fingerprint density at radius 1 is 1.00 bits per heavy atom. The quantitative estimate of drug-likeness (QED) is 0.500. The van der Waals surface area contributed by atoms with Crippen LogP contribution in [0.5, 0.6) is 0 Å². The lowest BCUT2D eigenvalue weighted by molar-refractivity contribution is -0.156. The van der Waals surface area contributed by atoms with E-state index in [0.29, 0.717) is 24.3 Å². The summed E-state index contributed by atoms with van der Waals surface area (Å²) in [6, 6.07) is 11.9. The number of hydrogen-bond donors (Lipinski definition) is 0. The zero-order chi connectivity index (χ0) is 24.3. The fraction of sp³-hybridized carbons (Fsp3) is 0.348. The maximum atomic E-state index is 13.5. The van der Waals surface area contributed by atoms with Crippen LogP contribution in [0.1, 0.15) is 18.4 Å². The summed E-state index contributed by atoms with van der Waals surface area (Å²) in [7, 11) is 0. The van der Waals surface area contributed by atoms with Crippen molar-refractivity contribution in [3.05, 3.63) is 65.8 Å². The summed E-state index contributed by atoms with van der Waals surface area (Å²) in [4.78, 5) is 18.9. The second-order valence-electron chi connectivity index (χ2n) is 7.87. The highest BCUT2D eigenvalue weighted by Crippen LogP contribution is 2.30. The van der Waals surface area contributed by atoms with Gasteiger partial charge in [0.15, 0.2) is 0 Å². The van der Waals surface area contributed by atoms with E-state index in [1.54, 1.807) is 46.2 Å². The van der Waals surface area contributed by atoms with Gasteiger partial charge in [-0.15, -0.1) is 10.2 Å². The number of amides is 2. The molecule has 7 nitrogen and oxygen atoms in total. The van der Waals surface area contributed by atoms with Gasteiger partial charge in [0.2, 0.25) is 5.89 Å². The maximum Gasteiger partial charge on any atom is 0.470 e. The minimum atomic E-state index is -4.72. The molecule has 3 aromatic rings. The van der Waals surface area contributed by atoms with E-state index in [1.165, 1.54) is 12.1 Å². The predicted octanol–water partition coefficient (Wildman–Crippen LogP) is 4.66. The molecule has 180 valence electrons. The van der Waals surface area contributed by atoms with Crippen molar-refractivity contribution in [2.24, 2.45) is 0 Å². The molecule has 0 bridgehead atoms. The van der Waals surface area contributed by atoms with Gasteiger partial charge in [0.1, 0.15) is 5.82 Å². The zero-order valence-electron chi connectivity index (χ0n) is 18.4. The maximum absolute atomic E-state index is 13.5. The van der Waals surface area contributed by atoms with Gasteiger partial charge in [-0.25, -0.2) is 9.18 Å². The minimum Gasteiger partial charge on any atom is -0.413 e. The van der Waals surface area contributed by atoms with Crippen LogP contribution in [0.2, 0.25) is 0 Å². The molecule has 2 aromatic carbocycles. The molecule has 1 aliphatic heterocycles. The lowest BCUT2D eigenvalue weighted by atomic mass is 10.1. The van der Waals surface area contributed by atoms with Gasteiger partial charge in [0.25, 0.3) is 0 Å². The normalized spacial score (nSPS) is 14.9. The van der Waals surface area contributed by atoms with Gasteiger partial charge in [-0.05, 0) is 48.5 Å². The number of carbonyl (C=O) groups is 1. The van der Waals surface area contributed by atoms with Gasteiger partial charge in [-0.2, -0.15) is 13.2 Å². The molecule has 0 spiro atoms. The van der Waals surface area contributed by atoms with Gasteiger partial charge in [0.05, 0.1) is 6.54 Å². The molecule has 11 heteroatoms. The first kappa shape index (κ1) is 23.7. The van der Waals surface area contributed by atoms with E-state index in [1.807, 2.05) is 0 Å². The number of benzene rings is 2. The SMILES string of the molecule is CCN1CCN(C(=O)N(Cc2ccc(-c3nnc(C(F)(F)F)o3)cc2)c2ccc(F)cc2)CC1. The van der Waals surface area contributed by atoms with E-state index in [9.17, 15) is 22.4 Å². The molecule has 2 amide bonds. The second kappa shape index (κ2) is 9.80. The number of anilines is 1. The Bertz CT molecular complexity index is 1110. The molecule has 1 saturated heterocycles. The van der Waals surface area contributed by atoms with E-state index in [4.69, 9.17) is 4.42 Å². The average Bonchev–Trinajstić information content (AvgIpc) is 3.34. The molecule has 34 heavy (non-hydrogen) atoms. The Labute approximate surface area is 193 Å². The third kappa shape index (κ3) is 5.36. The number of alkyl halides is 3. The topological polar surface area (TPSA) is 65.7 Å². The van der Waals surface area contributed by atoms with Crippen molar-refractivity contribution >= 4 is 11.7 Å². The average molecular weight is 477 g/mol. The Morgan fingerprint density at radius 2 is 1.65 bits per heavy atom. The van der Waals surface area contributed by atoms with Crippen molar-refractivity contribution in [2.75, 3.05) is 37.6 Å². The van der Waals surface area contributed by atoms with Gasteiger partial charge in [-0.3, -0.25) is 4.90 Å². The van der Waals surface area contributed by atoms with Crippen LogP contribution < -0.4 is 4.90 Å². The molecule has 0 radical (unpaired) electrons. The van der Waals surface area contributed by atoms with Crippen molar-refractivity contribution in [3.8, 4) is 11.5 Å². The van der Waals surface area contributed by atoms with Gasteiger partial charge in [0, 0.05) is 37.4 Å². The van der Waals surface area contributed by atoms with Gasteiger partial charge >= 0.3 is 18.1 Å². The summed E-state index contributed by atoms with van der Waals surface area (Å²) in [5.74, 6) is -2.07. The Balaban J connectivity index is 1.53. The van der Waals surface area contributed by atoms with E-state index < -0.39 is 17.9 Å². The highest BCUT2D eigenvalue weighted by molar-refractivity contribution is 5.92. The summed E-state index contributed by atoms with van der Waals surface area (Å²) in [5, 5.41) is 6.49. The highest BCUT2D eigenvalue weighted by Gasteiger charge is 2.38. The number of piperazine rings is 1. The number of likely N-dealkylation sites (N-methyl/N-ethyl adjacent to an activating group) is 1. The van der Waals surface area contributed by atoms with E-state index in [0.717, 1.165) is 25.2 Å². The fourth-order valence-electron chi connectivity index (χ4n) is 3.71. The molecule has 1 aliphatic rings. The number of urea groups is 1. The third-order valence-corrected chi connectivity index (χ3v) is 5.67. The molecule has 0 saturated carbocycles. The highest BCUT2D eigenvalue weighted by atomic mass is 19.4. The lowest BCUT2D eigenvalue weighted by Gasteiger charge is -2.37. The summed E-state index contributed by atoms with van der Waals surface area (Å²) >= 11 is 0. The Morgan fingerprint density at radius 3 is 2.21 bits per heavy atom. The van der Waals surface area contributed by atoms with Crippen molar-refractivity contribution < 1.29 is 26.8 Å². The lowest BCUT2D eigenvalue weighted by Crippen LogP contribution is -2.52. The van der Waals surface area contributed by atoms with Crippen LogP contribution >= 0.6 is 0 Å². The molecular formula is C23H23F4N5O2. The summed E-state index contributed by atoms with van der Waals surface area (Å²) < 4.78 is 56.4. The molecule has 4 rings (SSSR count).